The highest BCUT2D eigenvalue weighted by atomic mass is 35.5. The maximum absolute atomic E-state index is 6.36. The highest BCUT2D eigenvalue weighted by Crippen LogP contribution is 2.36. The van der Waals surface area contributed by atoms with Gasteiger partial charge in [-0.25, -0.2) is 0 Å². The molecule has 18 heavy (non-hydrogen) atoms. The second-order valence-corrected chi connectivity index (χ2v) is 5.79. The van der Waals surface area contributed by atoms with Crippen LogP contribution in [0.2, 0.25) is 5.02 Å². The van der Waals surface area contributed by atoms with Gasteiger partial charge in [-0.1, -0.05) is 11.6 Å². The lowest BCUT2D eigenvalue weighted by molar-refractivity contribution is 0.430. The minimum Gasteiger partial charge on any atom is -0.366 e. The van der Waals surface area contributed by atoms with Crippen molar-refractivity contribution in [1.82, 2.24) is 8.75 Å². The fraction of sp³-hybridized carbons (Fsp3) is 0.500. The summed E-state index contributed by atoms with van der Waals surface area (Å²) in [7, 11) is 0. The fourth-order valence-corrected chi connectivity index (χ4v) is 3.43. The largest absolute Gasteiger partial charge is 0.366 e. The van der Waals surface area contributed by atoms with Gasteiger partial charge < -0.3 is 10.6 Å². The molecular weight excluding hydrogens is 268 g/mol. The standard InChI is InChI=1S/C12H15ClN4S/c1-7-6-8(14)4-5-17(7)12-9(13)2-3-10-11(12)16-18-15-10/h2-3,7-8H,4-6,14H2,1H3. The molecule has 0 amide bonds. The summed E-state index contributed by atoms with van der Waals surface area (Å²) in [5.41, 5.74) is 8.86. The number of piperidine rings is 1. The molecule has 1 saturated heterocycles. The van der Waals surface area contributed by atoms with E-state index in [-0.39, 0.29) is 0 Å². The summed E-state index contributed by atoms with van der Waals surface area (Å²) >= 11 is 7.59. The maximum atomic E-state index is 6.36. The van der Waals surface area contributed by atoms with Gasteiger partial charge in [-0.2, -0.15) is 8.75 Å². The van der Waals surface area contributed by atoms with Crippen LogP contribution in [0.4, 0.5) is 5.69 Å². The van der Waals surface area contributed by atoms with Crippen molar-refractivity contribution in [2.45, 2.75) is 31.8 Å². The van der Waals surface area contributed by atoms with Crippen molar-refractivity contribution in [2.24, 2.45) is 5.73 Å². The average molecular weight is 283 g/mol. The Bertz CT molecular complexity index is 570. The summed E-state index contributed by atoms with van der Waals surface area (Å²) in [5, 5.41) is 0.748. The van der Waals surface area contributed by atoms with Gasteiger partial charge in [0.05, 0.1) is 22.4 Å². The van der Waals surface area contributed by atoms with E-state index in [9.17, 15) is 0 Å². The van der Waals surface area contributed by atoms with E-state index in [1.54, 1.807) is 0 Å². The maximum Gasteiger partial charge on any atom is 0.129 e. The second kappa shape index (κ2) is 4.64. The smallest absolute Gasteiger partial charge is 0.129 e. The van der Waals surface area contributed by atoms with Crippen molar-refractivity contribution in [3.63, 3.8) is 0 Å². The molecule has 2 heterocycles. The number of benzene rings is 1. The number of fused-ring (bicyclic) bond motifs is 1. The number of nitrogens with two attached hydrogens (primary N) is 1. The topological polar surface area (TPSA) is 55.0 Å². The van der Waals surface area contributed by atoms with E-state index in [1.807, 2.05) is 12.1 Å². The Labute approximate surface area is 115 Å². The lowest BCUT2D eigenvalue weighted by Gasteiger charge is -2.38. The number of anilines is 1. The first kappa shape index (κ1) is 12.1. The van der Waals surface area contributed by atoms with Gasteiger partial charge in [-0.15, -0.1) is 0 Å². The minimum atomic E-state index is 0.294. The van der Waals surface area contributed by atoms with Crippen LogP contribution in [-0.4, -0.2) is 27.4 Å². The molecular formula is C12H15ClN4S. The number of aromatic nitrogens is 2. The monoisotopic (exact) mass is 282 g/mol. The Morgan fingerprint density at radius 2 is 2.28 bits per heavy atom. The quantitative estimate of drug-likeness (QED) is 0.874. The van der Waals surface area contributed by atoms with Crippen molar-refractivity contribution < 1.29 is 0 Å². The first-order valence-corrected chi connectivity index (χ1v) is 7.20. The summed E-state index contributed by atoms with van der Waals surface area (Å²) in [6.45, 7) is 3.12. The first-order valence-electron chi connectivity index (χ1n) is 6.10. The van der Waals surface area contributed by atoms with Crippen LogP contribution in [0.3, 0.4) is 0 Å². The number of hydrogen-bond donors (Lipinski definition) is 1. The third-order valence-corrected chi connectivity index (χ3v) is 4.40. The molecule has 2 N–H and O–H groups in total. The Morgan fingerprint density at radius 3 is 3.06 bits per heavy atom. The number of nitrogens with zero attached hydrogens (tertiary/aromatic N) is 3. The zero-order valence-corrected chi connectivity index (χ0v) is 11.7. The summed E-state index contributed by atoms with van der Waals surface area (Å²) in [4.78, 5) is 2.31. The third kappa shape index (κ3) is 1.96. The lowest BCUT2D eigenvalue weighted by Crippen LogP contribution is -2.45. The van der Waals surface area contributed by atoms with Crippen molar-refractivity contribution in [3.05, 3.63) is 17.2 Å². The number of halogens is 1. The van der Waals surface area contributed by atoms with E-state index >= 15 is 0 Å². The van der Waals surface area contributed by atoms with Crippen LogP contribution in [0, 0.1) is 0 Å². The average Bonchev–Trinajstić information content (AvgIpc) is 2.79. The van der Waals surface area contributed by atoms with Gasteiger partial charge in [-0.3, -0.25) is 0 Å². The number of rotatable bonds is 1. The minimum absolute atomic E-state index is 0.294. The molecule has 3 rings (SSSR count). The van der Waals surface area contributed by atoms with Crippen LogP contribution in [0.1, 0.15) is 19.8 Å². The number of hydrogen-bond acceptors (Lipinski definition) is 5. The van der Waals surface area contributed by atoms with Crippen molar-refractivity contribution >= 4 is 40.0 Å². The predicted octanol–water partition coefficient (Wildman–Crippen LogP) is 2.66. The van der Waals surface area contributed by atoms with E-state index in [4.69, 9.17) is 17.3 Å². The van der Waals surface area contributed by atoms with Crippen LogP contribution in [-0.2, 0) is 0 Å². The van der Waals surface area contributed by atoms with Crippen molar-refractivity contribution in [1.29, 1.82) is 0 Å². The van der Waals surface area contributed by atoms with Crippen LogP contribution in [0.25, 0.3) is 11.0 Å². The summed E-state index contributed by atoms with van der Waals surface area (Å²) in [6, 6.07) is 4.51. The summed E-state index contributed by atoms with van der Waals surface area (Å²) in [6.07, 6.45) is 1.99. The van der Waals surface area contributed by atoms with E-state index < -0.39 is 0 Å². The van der Waals surface area contributed by atoms with Gasteiger partial charge in [0.2, 0.25) is 0 Å². The fourth-order valence-electron chi connectivity index (χ4n) is 2.63. The third-order valence-electron chi connectivity index (χ3n) is 3.56. The molecule has 0 bridgehead atoms. The molecule has 2 atom stereocenters. The van der Waals surface area contributed by atoms with Crippen molar-refractivity contribution in [2.75, 3.05) is 11.4 Å². The molecule has 1 aromatic carbocycles. The summed E-state index contributed by atoms with van der Waals surface area (Å²) < 4.78 is 8.66. The van der Waals surface area contributed by atoms with Gasteiger partial charge in [0.15, 0.2) is 0 Å². The molecule has 1 fully saturated rings. The van der Waals surface area contributed by atoms with Gasteiger partial charge >= 0.3 is 0 Å². The van der Waals surface area contributed by atoms with Crippen LogP contribution in [0.15, 0.2) is 12.1 Å². The normalized spacial score (nSPS) is 24.7. The Balaban J connectivity index is 2.07. The molecule has 0 aliphatic carbocycles. The Hall–Kier alpha value is -0.910. The second-order valence-electron chi connectivity index (χ2n) is 4.85. The lowest BCUT2D eigenvalue weighted by atomic mass is 9.98. The highest BCUT2D eigenvalue weighted by Gasteiger charge is 2.27. The molecule has 2 aromatic rings. The predicted molar refractivity (Wildman–Crippen MR) is 76.4 cm³/mol. The molecule has 4 nitrogen and oxygen atoms in total. The van der Waals surface area contributed by atoms with Crippen LogP contribution < -0.4 is 10.6 Å². The SMILES string of the molecule is CC1CC(N)CCN1c1c(Cl)ccc2nsnc12. The molecule has 96 valence electrons. The molecule has 0 spiro atoms. The van der Waals surface area contributed by atoms with Gasteiger partial charge in [0.1, 0.15) is 11.0 Å². The first-order chi connectivity index (χ1) is 8.66. The Kier molecular flexibility index (Phi) is 3.13. The van der Waals surface area contributed by atoms with E-state index in [1.165, 1.54) is 11.7 Å². The molecule has 0 radical (unpaired) electrons. The van der Waals surface area contributed by atoms with Crippen molar-refractivity contribution in [3.8, 4) is 0 Å². The van der Waals surface area contributed by atoms with E-state index in [0.717, 1.165) is 41.1 Å². The van der Waals surface area contributed by atoms with Crippen LogP contribution in [0.5, 0.6) is 0 Å². The van der Waals surface area contributed by atoms with Crippen LogP contribution >= 0.6 is 23.3 Å². The van der Waals surface area contributed by atoms with Gasteiger partial charge in [-0.05, 0) is 31.9 Å². The Morgan fingerprint density at radius 1 is 1.44 bits per heavy atom. The van der Waals surface area contributed by atoms with Gasteiger partial charge in [0.25, 0.3) is 0 Å². The zero-order chi connectivity index (χ0) is 12.7. The zero-order valence-electron chi connectivity index (χ0n) is 10.1. The molecule has 0 saturated carbocycles. The van der Waals surface area contributed by atoms with Gasteiger partial charge in [0, 0.05) is 18.6 Å². The molecule has 1 aliphatic heterocycles. The molecule has 6 heteroatoms. The molecule has 1 aliphatic rings. The molecule has 1 aromatic heterocycles. The molecule has 2 unspecified atom stereocenters. The van der Waals surface area contributed by atoms with E-state index in [0.29, 0.717) is 12.1 Å². The summed E-state index contributed by atoms with van der Waals surface area (Å²) in [5.74, 6) is 0. The van der Waals surface area contributed by atoms with E-state index in [2.05, 4.69) is 20.6 Å². The highest BCUT2D eigenvalue weighted by molar-refractivity contribution is 7.00.